The van der Waals surface area contributed by atoms with E-state index < -0.39 is 0 Å². The highest BCUT2D eigenvalue weighted by Gasteiger charge is 2.34. The molecule has 2 aromatic rings. The number of guanidine groups is 1. The number of rotatable bonds is 8. The number of aliphatic imine (C=N–C) groups is 1. The number of amides is 1. The third-order valence-corrected chi connectivity index (χ3v) is 7.05. The molecule has 35 heavy (non-hydrogen) atoms. The van der Waals surface area contributed by atoms with E-state index in [9.17, 15) is 9.90 Å². The second-order valence-corrected chi connectivity index (χ2v) is 9.83. The summed E-state index contributed by atoms with van der Waals surface area (Å²) in [5.41, 5.74) is 15.8. The highest BCUT2D eigenvalue weighted by Crippen LogP contribution is 2.44. The predicted octanol–water partition coefficient (Wildman–Crippen LogP) is 5.17. The van der Waals surface area contributed by atoms with Crippen molar-refractivity contribution >= 4 is 35.4 Å². The van der Waals surface area contributed by atoms with Gasteiger partial charge < -0.3 is 21.3 Å². The van der Waals surface area contributed by atoms with Crippen LogP contribution in [0.15, 0.2) is 35.3 Å². The smallest absolute Gasteiger partial charge is 0.260 e. The maximum atomic E-state index is 12.4. The van der Waals surface area contributed by atoms with Crippen LogP contribution in [0.2, 0.25) is 0 Å². The van der Waals surface area contributed by atoms with Crippen LogP contribution in [0.3, 0.4) is 0 Å². The molecule has 0 radical (unpaired) electrons. The minimum Gasteiger partial charge on any atom is -0.507 e. The Morgan fingerprint density at radius 3 is 2.51 bits per heavy atom. The van der Waals surface area contributed by atoms with Gasteiger partial charge in [0, 0.05) is 30.0 Å². The van der Waals surface area contributed by atoms with Crippen LogP contribution in [0, 0.1) is 20.8 Å². The molecule has 3 rings (SSSR count). The lowest BCUT2D eigenvalue weighted by Gasteiger charge is -2.38. The molecule has 1 heterocycles. The number of hydrogen-bond acceptors (Lipinski definition) is 4. The van der Waals surface area contributed by atoms with Crippen molar-refractivity contribution < 1.29 is 14.6 Å². The van der Waals surface area contributed by atoms with E-state index in [1.165, 1.54) is 10.5 Å². The highest BCUT2D eigenvalue weighted by atomic mass is 35.5. The Morgan fingerprint density at radius 2 is 1.86 bits per heavy atom. The van der Waals surface area contributed by atoms with Gasteiger partial charge in [-0.15, -0.1) is 0 Å². The first-order valence-corrected chi connectivity index (χ1v) is 12.2. The number of nitrogens with zero attached hydrogens (tertiary/aromatic N) is 2. The lowest BCUT2D eigenvalue weighted by Crippen LogP contribution is -2.37. The molecule has 188 valence electrons. The number of phenolic OH excluding ortho intramolecular Hbond substituents is 1. The first-order valence-electron chi connectivity index (χ1n) is 11.9. The Balaban J connectivity index is 1.48. The summed E-state index contributed by atoms with van der Waals surface area (Å²) in [4.78, 5) is 16.3. The Kier molecular flexibility index (Phi) is 8.33. The number of fused-ring (bicyclic) bond motifs is 1. The number of halogens is 1. The minimum atomic E-state index is -0.278. The molecule has 0 spiro atoms. The first-order chi connectivity index (χ1) is 16.5. The summed E-state index contributed by atoms with van der Waals surface area (Å²) in [7, 11) is 0. The SMILES string of the molecule is Cc1c(C)c2c(c(C)c1O)CCC(C)(CCCCN(Cl)C(=O)C=Cc1ccc(N=C(N)N)cc1)O2. The molecule has 1 unspecified atom stereocenters. The van der Waals surface area contributed by atoms with Crippen molar-refractivity contribution in [3.63, 3.8) is 0 Å². The number of benzene rings is 2. The van der Waals surface area contributed by atoms with Crippen molar-refractivity contribution in [3.8, 4) is 11.5 Å². The monoisotopic (exact) mass is 498 g/mol. The summed E-state index contributed by atoms with van der Waals surface area (Å²) < 4.78 is 7.69. The topological polar surface area (TPSA) is 114 Å². The molecular formula is C27H35ClN4O3. The first kappa shape index (κ1) is 26.4. The average Bonchev–Trinajstić information content (AvgIpc) is 2.83. The lowest BCUT2D eigenvalue weighted by molar-refractivity contribution is -0.121. The van der Waals surface area contributed by atoms with Crippen molar-refractivity contribution in [2.75, 3.05) is 6.54 Å². The van der Waals surface area contributed by atoms with E-state index in [0.29, 0.717) is 18.0 Å². The van der Waals surface area contributed by atoms with Crippen molar-refractivity contribution in [3.05, 3.63) is 58.2 Å². The zero-order chi connectivity index (χ0) is 25.8. The van der Waals surface area contributed by atoms with Gasteiger partial charge in [0.1, 0.15) is 17.1 Å². The molecule has 0 fully saturated rings. The van der Waals surface area contributed by atoms with Crippen molar-refractivity contribution in [2.45, 2.75) is 65.4 Å². The molecule has 1 atom stereocenters. The number of carbonyl (C=O) groups is 1. The number of phenols is 1. The Hall–Kier alpha value is -3.19. The zero-order valence-electron chi connectivity index (χ0n) is 20.9. The molecule has 0 saturated heterocycles. The molecular weight excluding hydrogens is 464 g/mol. The van der Waals surface area contributed by atoms with Gasteiger partial charge in [0.15, 0.2) is 5.96 Å². The number of hydrogen-bond donors (Lipinski definition) is 3. The second kappa shape index (κ2) is 11.0. The molecule has 8 heteroatoms. The van der Waals surface area contributed by atoms with Crippen LogP contribution in [0.25, 0.3) is 6.08 Å². The van der Waals surface area contributed by atoms with E-state index in [1.54, 1.807) is 18.2 Å². The van der Waals surface area contributed by atoms with E-state index >= 15 is 0 Å². The highest BCUT2D eigenvalue weighted by molar-refractivity contribution is 6.23. The Morgan fingerprint density at radius 1 is 1.17 bits per heavy atom. The minimum absolute atomic E-state index is 0.00398. The molecule has 0 aliphatic carbocycles. The van der Waals surface area contributed by atoms with Crippen LogP contribution in [-0.2, 0) is 11.2 Å². The van der Waals surface area contributed by atoms with Gasteiger partial charge in [0.2, 0.25) is 0 Å². The number of ether oxygens (including phenoxy) is 1. The zero-order valence-corrected chi connectivity index (χ0v) is 21.7. The van der Waals surface area contributed by atoms with Crippen LogP contribution in [0.1, 0.15) is 60.4 Å². The van der Waals surface area contributed by atoms with E-state index in [2.05, 4.69) is 11.9 Å². The third kappa shape index (κ3) is 6.48. The number of unbranched alkanes of at least 4 members (excludes halogenated alkanes) is 1. The van der Waals surface area contributed by atoms with Gasteiger partial charge in [0.25, 0.3) is 5.91 Å². The van der Waals surface area contributed by atoms with Gasteiger partial charge in [-0.2, -0.15) is 0 Å². The number of nitrogens with two attached hydrogens (primary N) is 2. The molecule has 2 aromatic carbocycles. The molecule has 1 aliphatic heterocycles. The van der Waals surface area contributed by atoms with Gasteiger partial charge in [-0.1, -0.05) is 12.1 Å². The summed E-state index contributed by atoms with van der Waals surface area (Å²) in [5, 5.41) is 10.4. The van der Waals surface area contributed by atoms with Crippen LogP contribution < -0.4 is 16.2 Å². The van der Waals surface area contributed by atoms with Crippen LogP contribution in [0.5, 0.6) is 11.5 Å². The third-order valence-electron chi connectivity index (χ3n) is 6.71. The molecule has 5 N–H and O–H groups in total. The van der Waals surface area contributed by atoms with Crippen LogP contribution >= 0.6 is 11.8 Å². The maximum absolute atomic E-state index is 12.4. The summed E-state index contributed by atoms with van der Waals surface area (Å²) in [6.45, 7) is 8.47. The van der Waals surface area contributed by atoms with E-state index in [4.69, 9.17) is 28.0 Å². The molecule has 7 nitrogen and oxygen atoms in total. The van der Waals surface area contributed by atoms with Gasteiger partial charge in [-0.3, -0.25) is 9.21 Å². The van der Waals surface area contributed by atoms with Gasteiger partial charge >= 0.3 is 0 Å². The van der Waals surface area contributed by atoms with Crippen LogP contribution in [-0.4, -0.2) is 33.5 Å². The van der Waals surface area contributed by atoms with Crippen molar-refractivity contribution in [2.24, 2.45) is 16.5 Å². The summed E-state index contributed by atoms with van der Waals surface area (Å²) in [6.07, 6.45) is 7.44. The fourth-order valence-corrected chi connectivity index (χ4v) is 4.56. The summed E-state index contributed by atoms with van der Waals surface area (Å²) >= 11 is 6.21. The van der Waals surface area contributed by atoms with Gasteiger partial charge in [-0.05, 0) is 100 Å². The summed E-state index contributed by atoms with van der Waals surface area (Å²) in [6, 6.07) is 7.17. The summed E-state index contributed by atoms with van der Waals surface area (Å²) in [5.74, 6) is 1.01. The van der Waals surface area contributed by atoms with E-state index in [0.717, 1.165) is 65.7 Å². The van der Waals surface area contributed by atoms with Gasteiger partial charge in [-0.25, -0.2) is 4.99 Å². The fraction of sp³-hybridized carbons (Fsp3) is 0.407. The second-order valence-electron chi connectivity index (χ2n) is 9.43. The quantitative estimate of drug-likeness (QED) is 0.153. The van der Waals surface area contributed by atoms with E-state index in [-0.39, 0.29) is 17.5 Å². The number of carbonyl (C=O) groups excluding carboxylic acids is 1. The predicted molar refractivity (Wildman–Crippen MR) is 142 cm³/mol. The van der Waals surface area contributed by atoms with Gasteiger partial charge in [0.05, 0.1) is 5.69 Å². The Labute approximate surface area is 212 Å². The molecule has 0 aromatic heterocycles. The fourth-order valence-electron chi connectivity index (χ4n) is 4.39. The maximum Gasteiger partial charge on any atom is 0.260 e. The molecule has 0 bridgehead atoms. The molecule has 1 aliphatic rings. The van der Waals surface area contributed by atoms with E-state index in [1.807, 2.05) is 32.9 Å². The largest absolute Gasteiger partial charge is 0.507 e. The lowest BCUT2D eigenvalue weighted by atomic mass is 9.85. The number of aromatic hydroxyl groups is 1. The van der Waals surface area contributed by atoms with Crippen LogP contribution in [0.4, 0.5) is 5.69 Å². The standard InChI is InChI=1S/C27H35ClN4O3/c1-17-18(2)25-22(19(3)24(17)34)13-15-27(4,35-25)14-5-6-16-32(28)23(33)12-9-20-7-10-21(11-8-20)31-26(29)30/h7-12,34H,5-6,13-16H2,1-4H3,(H4,29,30,31). The molecule has 0 saturated carbocycles. The molecule has 1 amide bonds. The van der Waals surface area contributed by atoms with Crippen molar-refractivity contribution in [1.82, 2.24) is 4.42 Å². The van der Waals surface area contributed by atoms with Crippen molar-refractivity contribution in [1.29, 1.82) is 0 Å². The normalized spacial score (nSPS) is 17.1. The Bertz CT molecular complexity index is 1140. The average molecular weight is 499 g/mol.